The van der Waals surface area contributed by atoms with Crippen molar-refractivity contribution in [1.29, 1.82) is 5.26 Å². The third-order valence-electron chi connectivity index (χ3n) is 2.85. The van der Waals surface area contributed by atoms with Gasteiger partial charge in [0, 0.05) is 5.56 Å². The van der Waals surface area contributed by atoms with E-state index in [-0.39, 0.29) is 5.76 Å². The van der Waals surface area contributed by atoms with Crippen LogP contribution in [0.3, 0.4) is 0 Å². The van der Waals surface area contributed by atoms with Gasteiger partial charge in [-0.1, -0.05) is 6.07 Å². The number of hydrogen-bond acceptors (Lipinski definition) is 4. The molecule has 4 nitrogen and oxygen atoms in total. The van der Waals surface area contributed by atoms with Crippen LogP contribution in [0, 0.1) is 11.3 Å². The first-order valence-electron chi connectivity index (χ1n) is 5.21. The highest BCUT2D eigenvalue weighted by atomic mass is 16.5. The molecule has 1 aromatic rings. The van der Waals surface area contributed by atoms with Crippen molar-refractivity contribution in [3.05, 3.63) is 40.5 Å². The van der Waals surface area contributed by atoms with Crippen LogP contribution in [0.5, 0.6) is 0 Å². The van der Waals surface area contributed by atoms with Gasteiger partial charge < -0.3 is 9.84 Å². The monoisotopic (exact) mass is 229 g/mol. The van der Waals surface area contributed by atoms with Crippen molar-refractivity contribution in [2.75, 3.05) is 7.11 Å². The van der Waals surface area contributed by atoms with Gasteiger partial charge in [0.15, 0.2) is 0 Å². The van der Waals surface area contributed by atoms with Crippen molar-refractivity contribution in [2.45, 2.75) is 12.8 Å². The van der Waals surface area contributed by atoms with Crippen LogP contribution in [0.1, 0.15) is 27.9 Å². The second-order valence-electron chi connectivity index (χ2n) is 3.80. The highest BCUT2D eigenvalue weighted by Crippen LogP contribution is 2.30. The number of aryl methyl sites for hydroxylation is 1. The Labute approximate surface area is 98.8 Å². The van der Waals surface area contributed by atoms with Crippen LogP contribution in [0.2, 0.25) is 0 Å². The Morgan fingerprint density at radius 2 is 2.24 bits per heavy atom. The molecule has 0 aliphatic heterocycles. The van der Waals surface area contributed by atoms with Gasteiger partial charge in [-0.15, -0.1) is 0 Å². The predicted molar refractivity (Wildman–Crippen MR) is 61.3 cm³/mol. The summed E-state index contributed by atoms with van der Waals surface area (Å²) >= 11 is 0. The highest BCUT2D eigenvalue weighted by molar-refractivity contribution is 5.91. The van der Waals surface area contributed by atoms with Crippen LogP contribution in [0.4, 0.5) is 0 Å². The van der Waals surface area contributed by atoms with E-state index in [1.807, 2.05) is 6.07 Å². The summed E-state index contributed by atoms with van der Waals surface area (Å²) in [5.74, 6) is -0.482. The summed E-state index contributed by atoms with van der Waals surface area (Å²) in [4.78, 5) is 11.4. The fraction of sp³-hybridized carbons (Fsp3) is 0.231. The molecular weight excluding hydrogens is 218 g/mol. The second kappa shape index (κ2) is 4.30. The highest BCUT2D eigenvalue weighted by Gasteiger charge is 2.20. The Hall–Kier alpha value is -2.28. The van der Waals surface area contributed by atoms with E-state index >= 15 is 0 Å². The number of carbonyl (C=O) groups excluding carboxylic acids is 1. The summed E-state index contributed by atoms with van der Waals surface area (Å²) in [5, 5.41) is 18.8. The first-order valence-corrected chi connectivity index (χ1v) is 5.21. The minimum absolute atomic E-state index is 0.0282. The zero-order valence-corrected chi connectivity index (χ0v) is 9.36. The number of esters is 1. The number of aliphatic hydroxyl groups is 1. The maximum atomic E-state index is 11.4. The molecule has 0 saturated heterocycles. The molecule has 0 unspecified atom stereocenters. The Balaban J connectivity index is 2.53. The zero-order chi connectivity index (χ0) is 12.4. The molecule has 0 atom stereocenters. The minimum atomic E-state index is -0.454. The lowest BCUT2D eigenvalue weighted by Gasteiger charge is -2.16. The molecule has 86 valence electrons. The molecule has 0 saturated carbocycles. The SMILES string of the molecule is COC(=O)c1ccc2c(c1)C(O)=C(C#N)CC2. The number of allylic oxidation sites excluding steroid dienone is 1. The van der Waals surface area contributed by atoms with E-state index in [0.717, 1.165) is 5.56 Å². The van der Waals surface area contributed by atoms with Gasteiger partial charge in [-0.25, -0.2) is 4.79 Å². The Kier molecular flexibility index (Phi) is 2.84. The number of aliphatic hydroxyl groups excluding tert-OH is 1. The zero-order valence-electron chi connectivity index (χ0n) is 9.36. The van der Waals surface area contributed by atoms with Crippen molar-refractivity contribution in [1.82, 2.24) is 0 Å². The normalized spacial score (nSPS) is 13.9. The van der Waals surface area contributed by atoms with E-state index in [9.17, 15) is 9.90 Å². The summed E-state index contributed by atoms with van der Waals surface area (Å²) in [6.07, 6.45) is 1.23. The fourth-order valence-electron chi connectivity index (χ4n) is 1.91. The molecule has 0 spiro atoms. The molecule has 0 fully saturated rings. The van der Waals surface area contributed by atoms with Gasteiger partial charge in [-0.3, -0.25) is 0 Å². The maximum Gasteiger partial charge on any atom is 0.337 e. The third kappa shape index (κ3) is 1.87. The van der Waals surface area contributed by atoms with Crippen molar-refractivity contribution in [2.24, 2.45) is 0 Å². The van der Waals surface area contributed by atoms with Crippen molar-refractivity contribution in [3.8, 4) is 6.07 Å². The van der Waals surface area contributed by atoms with Crippen LogP contribution in [0.25, 0.3) is 5.76 Å². The average molecular weight is 229 g/mol. The molecule has 1 N–H and O–H groups in total. The topological polar surface area (TPSA) is 70.3 Å². The largest absolute Gasteiger partial charge is 0.506 e. The van der Waals surface area contributed by atoms with Gasteiger partial charge in [0.2, 0.25) is 0 Å². The van der Waals surface area contributed by atoms with Crippen LogP contribution in [0.15, 0.2) is 23.8 Å². The summed E-state index contributed by atoms with van der Waals surface area (Å²) in [7, 11) is 1.30. The molecule has 0 amide bonds. The fourth-order valence-corrected chi connectivity index (χ4v) is 1.91. The van der Waals surface area contributed by atoms with E-state index in [0.29, 0.717) is 29.5 Å². The van der Waals surface area contributed by atoms with E-state index in [4.69, 9.17) is 5.26 Å². The first kappa shape index (κ1) is 11.2. The molecule has 1 aliphatic rings. The van der Waals surface area contributed by atoms with E-state index in [1.54, 1.807) is 18.2 Å². The van der Waals surface area contributed by atoms with Gasteiger partial charge in [0.25, 0.3) is 0 Å². The molecule has 1 aromatic carbocycles. The molecule has 17 heavy (non-hydrogen) atoms. The number of nitriles is 1. The van der Waals surface area contributed by atoms with Crippen molar-refractivity contribution in [3.63, 3.8) is 0 Å². The third-order valence-corrected chi connectivity index (χ3v) is 2.85. The van der Waals surface area contributed by atoms with E-state index in [1.165, 1.54) is 7.11 Å². The number of ether oxygens (including phenoxy) is 1. The number of benzene rings is 1. The summed E-state index contributed by atoms with van der Waals surface area (Å²) in [6.45, 7) is 0. The second-order valence-corrected chi connectivity index (χ2v) is 3.80. The molecule has 1 aliphatic carbocycles. The number of nitrogens with zero attached hydrogens (tertiary/aromatic N) is 1. The predicted octanol–water partition coefficient (Wildman–Crippen LogP) is 2.21. The smallest absolute Gasteiger partial charge is 0.337 e. The maximum absolute atomic E-state index is 11.4. The van der Waals surface area contributed by atoms with Gasteiger partial charge in [0.05, 0.1) is 24.3 Å². The molecule has 0 aromatic heterocycles. The molecule has 4 heteroatoms. The van der Waals surface area contributed by atoms with Crippen LogP contribution >= 0.6 is 0 Å². The first-order chi connectivity index (χ1) is 8.17. The average Bonchev–Trinajstić information content (AvgIpc) is 2.38. The lowest BCUT2D eigenvalue weighted by Crippen LogP contribution is -2.08. The lowest BCUT2D eigenvalue weighted by atomic mass is 9.90. The Bertz CT molecular complexity index is 552. The number of rotatable bonds is 1. The van der Waals surface area contributed by atoms with E-state index in [2.05, 4.69) is 4.74 Å². The summed E-state index contributed by atoms with van der Waals surface area (Å²) in [5.41, 5.74) is 2.22. The van der Waals surface area contributed by atoms with Crippen LogP contribution < -0.4 is 0 Å². The van der Waals surface area contributed by atoms with E-state index < -0.39 is 5.97 Å². The Morgan fingerprint density at radius 3 is 2.88 bits per heavy atom. The molecule has 0 radical (unpaired) electrons. The molecule has 0 bridgehead atoms. The molecular formula is C13H11NO3. The Morgan fingerprint density at radius 1 is 1.47 bits per heavy atom. The van der Waals surface area contributed by atoms with Gasteiger partial charge in [-0.05, 0) is 30.5 Å². The summed E-state index contributed by atoms with van der Waals surface area (Å²) in [6, 6.07) is 6.98. The van der Waals surface area contributed by atoms with Gasteiger partial charge in [-0.2, -0.15) is 5.26 Å². The standard InChI is InChI=1S/C13H11NO3/c1-17-13(16)9-4-2-8-3-5-10(7-14)12(15)11(8)6-9/h2,4,6,15H,3,5H2,1H3. The van der Waals surface area contributed by atoms with Crippen LogP contribution in [-0.4, -0.2) is 18.2 Å². The minimum Gasteiger partial charge on any atom is -0.506 e. The number of carbonyl (C=O) groups is 1. The van der Waals surface area contributed by atoms with Crippen LogP contribution in [-0.2, 0) is 11.2 Å². The number of hydrogen-bond donors (Lipinski definition) is 1. The van der Waals surface area contributed by atoms with Gasteiger partial charge >= 0.3 is 5.97 Å². The quantitative estimate of drug-likeness (QED) is 0.749. The number of fused-ring (bicyclic) bond motifs is 1. The summed E-state index contributed by atoms with van der Waals surface area (Å²) < 4.78 is 4.61. The van der Waals surface area contributed by atoms with Gasteiger partial charge in [0.1, 0.15) is 5.76 Å². The molecule has 0 heterocycles. The van der Waals surface area contributed by atoms with Crippen molar-refractivity contribution < 1.29 is 14.6 Å². The van der Waals surface area contributed by atoms with Crippen molar-refractivity contribution >= 4 is 11.7 Å². The lowest BCUT2D eigenvalue weighted by molar-refractivity contribution is 0.0600. The number of methoxy groups -OCH3 is 1. The molecule has 2 rings (SSSR count).